The number of aryl methyl sites for hydroxylation is 1. The summed E-state index contributed by atoms with van der Waals surface area (Å²) in [5.74, 6) is -0.453. The highest BCUT2D eigenvalue weighted by Crippen LogP contribution is 2.43. The topological polar surface area (TPSA) is 71.1 Å². The van der Waals surface area contributed by atoms with Crippen molar-refractivity contribution in [2.24, 2.45) is 0 Å². The summed E-state index contributed by atoms with van der Waals surface area (Å²) < 4.78 is 1.04. The van der Waals surface area contributed by atoms with Gasteiger partial charge in [0, 0.05) is 34.4 Å². The number of anilines is 1. The van der Waals surface area contributed by atoms with Crippen LogP contribution in [0.2, 0.25) is 0 Å². The molecule has 0 saturated heterocycles. The minimum Gasteiger partial charge on any atom is -0.351 e. The minimum atomic E-state index is -0.268. The Morgan fingerprint density at radius 2 is 1.77 bits per heavy atom. The second kappa shape index (κ2) is 9.02. The SMILES string of the molecule is Cc1cccc(C(=O)NCC2(c3cccc(Br)c3)CCC2)c1NC(=O)c1ccncc1. The van der Waals surface area contributed by atoms with E-state index < -0.39 is 0 Å². The zero-order valence-electron chi connectivity index (χ0n) is 17.3. The van der Waals surface area contributed by atoms with E-state index >= 15 is 0 Å². The van der Waals surface area contributed by atoms with Gasteiger partial charge in [-0.3, -0.25) is 14.6 Å². The molecule has 1 aliphatic carbocycles. The average molecular weight is 478 g/mol. The number of nitrogens with zero attached hydrogens (tertiary/aromatic N) is 1. The number of benzene rings is 2. The molecule has 0 bridgehead atoms. The van der Waals surface area contributed by atoms with E-state index in [0.717, 1.165) is 29.3 Å². The van der Waals surface area contributed by atoms with Gasteiger partial charge in [-0.2, -0.15) is 0 Å². The van der Waals surface area contributed by atoms with Crippen LogP contribution in [0.4, 0.5) is 5.69 Å². The van der Waals surface area contributed by atoms with Gasteiger partial charge in [-0.05, 0) is 61.2 Å². The Balaban J connectivity index is 1.52. The standard InChI is InChI=1S/C25H24BrN3O2/c1-17-5-2-8-21(22(17)29-23(30)18-9-13-27-14-10-18)24(31)28-16-25(11-4-12-25)19-6-3-7-20(26)15-19/h2-3,5-10,13-15H,4,11-12,16H2,1H3,(H,28,31)(H,29,30). The molecule has 158 valence electrons. The third kappa shape index (κ3) is 4.54. The Morgan fingerprint density at radius 1 is 1.03 bits per heavy atom. The van der Waals surface area contributed by atoms with E-state index in [1.165, 1.54) is 5.56 Å². The molecule has 1 aromatic heterocycles. The number of aromatic nitrogens is 1. The molecule has 1 saturated carbocycles. The lowest BCUT2D eigenvalue weighted by molar-refractivity contribution is 0.0928. The fourth-order valence-electron chi connectivity index (χ4n) is 4.05. The zero-order valence-corrected chi connectivity index (χ0v) is 18.9. The Hall–Kier alpha value is -2.99. The van der Waals surface area contributed by atoms with E-state index in [1.54, 1.807) is 30.6 Å². The smallest absolute Gasteiger partial charge is 0.255 e. The van der Waals surface area contributed by atoms with E-state index in [9.17, 15) is 9.59 Å². The van der Waals surface area contributed by atoms with Crippen LogP contribution in [0.5, 0.6) is 0 Å². The quantitative estimate of drug-likeness (QED) is 0.508. The van der Waals surface area contributed by atoms with Crippen molar-refractivity contribution < 1.29 is 9.59 Å². The van der Waals surface area contributed by atoms with E-state index in [2.05, 4.69) is 43.7 Å². The maximum Gasteiger partial charge on any atom is 0.255 e. The maximum absolute atomic E-state index is 13.1. The van der Waals surface area contributed by atoms with Gasteiger partial charge in [0.1, 0.15) is 0 Å². The predicted molar refractivity (Wildman–Crippen MR) is 125 cm³/mol. The van der Waals surface area contributed by atoms with Crippen molar-refractivity contribution in [3.8, 4) is 0 Å². The zero-order chi connectivity index (χ0) is 21.8. The van der Waals surface area contributed by atoms with Crippen molar-refractivity contribution in [3.05, 3.63) is 93.7 Å². The molecule has 3 aromatic rings. The molecule has 1 fully saturated rings. The number of hydrogen-bond acceptors (Lipinski definition) is 3. The van der Waals surface area contributed by atoms with Crippen LogP contribution in [0.15, 0.2) is 71.5 Å². The first kappa shape index (κ1) is 21.2. The first-order chi connectivity index (χ1) is 15.0. The number of pyridine rings is 1. The average Bonchev–Trinajstić information content (AvgIpc) is 2.75. The van der Waals surface area contributed by atoms with Gasteiger partial charge < -0.3 is 10.6 Å². The first-order valence-corrected chi connectivity index (χ1v) is 11.1. The van der Waals surface area contributed by atoms with Crippen molar-refractivity contribution in [1.82, 2.24) is 10.3 Å². The van der Waals surface area contributed by atoms with Gasteiger partial charge in [0.2, 0.25) is 0 Å². The Bertz CT molecular complexity index is 1110. The molecule has 0 spiro atoms. The lowest BCUT2D eigenvalue weighted by Gasteiger charge is -2.42. The monoisotopic (exact) mass is 477 g/mol. The summed E-state index contributed by atoms with van der Waals surface area (Å²) >= 11 is 3.55. The lowest BCUT2D eigenvalue weighted by Crippen LogP contribution is -2.45. The number of nitrogens with one attached hydrogen (secondary N) is 2. The second-order valence-corrected chi connectivity index (χ2v) is 8.93. The normalized spacial score (nSPS) is 14.4. The van der Waals surface area contributed by atoms with Gasteiger partial charge in [0.15, 0.2) is 0 Å². The number of carbonyl (C=O) groups is 2. The molecule has 31 heavy (non-hydrogen) atoms. The number of hydrogen-bond donors (Lipinski definition) is 2. The highest BCUT2D eigenvalue weighted by molar-refractivity contribution is 9.10. The number of amides is 2. The fraction of sp³-hybridized carbons (Fsp3) is 0.240. The van der Waals surface area contributed by atoms with E-state index in [-0.39, 0.29) is 17.2 Å². The summed E-state index contributed by atoms with van der Waals surface area (Å²) in [7, 11) is 0. The molecule has 2 N–H and O–H groups in total. The summed E-state index contributed by atoms with van der Waals surface area (Å²) in [5, 5.41) is 6.03. The molecule has 2 amide bonds. The number of rotatable bonds is 6. The summed E-state index contributed by atoms with van der Waals surface area (Å²) in [4.78, 5) is 29.7. The molecule has 0 aliphatic heterocycles. The number of carbonyl (C=O) groups excluding carboxylic acids is 2. The van der Waals surface area contributed by atoms with Crippen LogP contribution >= 0.6 is 15.9 Å². The Morgan fingerprint density at radius 3 is 2.45 bits per heavy atom. The van der Waals surface area contributed by atoms with Gasteiger partial charge >= 0.3 is 0 Å². The highest BCUT2D eigenvalue weighted by atomic mass is 79.9. The molecule has 1 heterocycles. The summed E-state index contributed by atoms with van der Waals surface area (Å²) in [5.41, 5.74) is 3.53. The molecule has 6 heteroatoms. The largest absolute Gasteiger partial charge is 0.351 e. The molecule has 2 aromatic carbocycles. The van der Waals surface area contributed by atoms with Crippen LogP contribution in [0, 0.1) is 6.92 Å². The van der Waals surface area contributed by atoms with Gasteiger partial charge in [-0.1, -0.05) is 46.6 Å². The molecule has 0 atom stereocenters. The van der Waals surface area contributed by atoms with Crippen molar-refractivity contribution in [1.29, 1.82) is 0 Å². The summed E-state index contributed by atoms with van der Waals surface area (Å²) in [6.45, 7) is 2.45. The van der Waals surface area contributed by atoms with Crippen molar-refractivity contribution in [3.63, 3.8) is 0 Å². The van der Waals surface area contributed by atoms with Crippen LogP contribution in [0.1, 0.15) is 51.1 Å². The molecule has 1 aliphatic rings. The molecule has 5 nitrogen and oxygen atoms in total. The Labute approximate surface area is 190 Å². The van der Waals surface area contributed by atoms with Crippen molar-refractivity contribution >= 4 is 33.4 Å². The van der Waals surface area contributed by atoms with Crippen molar-refractivity contribution in [2.45, 2.75) is 31.6 Å². The number of para-hydroxylation sites is 1. The molecular weight excluding hydrogens is 454 g/mol. The van der Waals surface area contributed by atoms with E-state index in [1.807, 2.05) is 31.2 Å². The minimum absolute atomic E-state index is 0.0380. The van der Waals surface area contributed by atoms with E-state index in [0.29, 0.717) is 23.4 Å². The third-order valence-electron chi connectivity index (χ3n) is 6.03. The van der Waals surface area contributed by atoms with Crippen LogP contribution < -0.4 is 10.6 Å². The molecule has 0 radical (unpaired) electrons. The van der Waals surface area contributed by atoms with Gasteiger partial charge in [0.25, 0.3) is 11.8 Å². The predicted octanol–water partition coefficient (Wildman–Crippen LogP) is 5.26. The second-order valence-electron chi connectivity index (χ2n) is 8.01. The lowest BCUT2D eigenvalue weighted by atomic mass is 9.64. The maximum atomic E-state index is 13.1. The van der Waals surface area contributed by atoms with Gasteiger partial charge in [0.05, 0.1) is 11.3 Å². The van der Waals surface area contributed by atoms with Crippen LogP contribution in [-0.2, 0) is 5.41 Å². The highest BCUT2D eigenvalue weighted by Gasteiger charge is 2.39. The number of halogens is 1. The van der Waals surface area contributed by atoms with Gasteiger partial charge in [-0.15, -0.1) is 0 Å². The molecular formula is C25H24BrN3O2. The van der Waals surface area contributed by atoms with Gasteiger partial charge in [-0.25, -0.2) is 0 Å². The summed E-state index contributed by atoms with van der Waals surface area (Å²) in [6.07, 6.45) is 6.38. The fourth-order valence-corrected chi connectivity index (χ4v) is 4.45. The van der Waals surface area contributed by atoms with Crippen molar-refractivity contribution in [2.75, 3.05) is 11.9 Å². The molecule has 4 rings (SSSR count). The summed E-state index contributed by atoms with van der Waals surface area (Å²) in [6, 6.07) is 17.1. The van der Waals surface area contributed by atoms with Crippen LogP contribution in [-0.4, -0.2) is 23.3 Å². The molecule has 0 unspecified atom stereocenters. The first-order valence-electron chi connectivity index (χ1n) is 10.3. The third-order valence-corrected chi connectivity index (χ3v) is 6.53. The Kier molecular flexibility index (Phi) is 6.18. The van der Waals surface area contributed by atoms with Crippen LogP contribution in [0.25, 0.3) is 0 Å². The van der Waals surface area contributed by atoms with Crippen LogP contribution in [0.3, 0.4) is 0 Å². The van der Waals surface area contributed by atoms with E-state index in [4.69, 9.17) is 0 Å².